The van der Waals surface area contributed by atoms with Crippen molar-refractivity contribution < 1.29 is 17.9 Å². The van der Waals surface area contributed by atoms with E-state index in [-0.39, 0.29) is 31.0 Å². The lowest BCUT2D eigenvalue weighted by atomic mass is 9.87. The molecule has 0 spiro atoms. The minimum Gasteiger partial charge on any atom is -0.384 e. The van der Waals surface area contributed by atoms with Gasteiger partial charge in [0.25, 0.3) is 0 Å². The van der Waals surface area contributed by atoms with Crippen LogP contribution < -0.4 is 0 Å². The Kier molecular flexibility index (Phi) is 5.50. The zero-order valence-electron chi connectivity index (χ0n) is 13.4. The Bertz CT molecular complexity index is 787. The number of aromatic nitrogens is 3. The number of alkyl halides is 1. The van der Waals surface area contributed by atoms with E-state index in [1.807, 2.05) is 0 Å². The zero-order chi connectivity index (χ0) is 18.1. The van der Waals surface area contributed by atoms with Gasteiger partial charge in [0.1, 0.15) is 17.6 Å². The van der Waals surface area contributed by atoms with Gasteiger partial charge in [-0.1, -0.05) is 29.8 Å². The molecule has 10 heteroatoms. The van der Waals surface area contributed by atoms with E-state index in [0.29, 0.717) is 10.6 Å². The van der Waals surface area contributed by atoms with Crippen LogP contribution >= 0.6 is 22.4 Å². The molecule has 25 heavy (non-hydrogen) atoms. The molecule has 1 aromatic carbocycles. The molecular formula is C15H17ClFN3O3S2. The molecule has 1 saturated carbocycles. The highest BCUT2D eigenvalue weighted by atomic mass is 35.5. The van der Waals surface area contributed by atoms with Crippen LogP contribution in [0.3, 0.4) is 0 Å². The molecule has 136 valence electrons. The second-order valence-electron chi connectivity index (χ2n) is 5.92. The molecule has 1 aliphatic rings. The Morgan fingerprint density at radius 2 is 2.24 bits per heavy atom. The Balaban J connectivity index is 1.87. The molecule has 1 aliphatic carbocycles. The van der Waals surface area contributed by atoms with Crippen molar-refractivity contribution in [2.24, 2.45) is 0 Å². The Morgan fingerprint density at radius 3 is 2.88 bits per heavy atom. The van der Waals surface area contributed by atoms with Crippen LogP contribution in [-0.4, -0.2) is 42.5 Å². The predicted molar refractivity (Wildman–Crippen MR) is 94.2 cm³/mol. The first-order valence-electron chi connectivity index (χ1n) is 7.54. The fraction of sp³-hybridized carbons (Fsp3) is 0.467. The SMILES string of the molecule is COS(=O)Sc1ncnn1CC(O)(Cc1ccccc1Cl)C1(F)CC1. The topological polar surface area (TPSA) is 77.2 Å². The summed E-state index contributed by atoms with van der Waals surface area (Å²) in [5, 5.41) is 15.9. The van der Waals surface area contributed by atoms with Gasteiger partial charge in [0.15, 0.2) is 0 Å². The molecule has 0 amide bonds. The minimum absolute atomic E-state index is 0.0422. The van der Waals surface area contributed by atoms with E-state index in [2.05, 4.69) is 10.1 Å². The number of aliphatic hydroxyl groups is 1. The van der Waals surface area contributed by atoms with Gasteiger partial charge in [0, 0.05) is 22.2 Å². The second-order valence-corrected chi connectivity index (χ2v) is 8.92. The fourth-order valence-corrected chi connectivity index (χ4v) is 4.29. The molecule has 2 atom stereocenters. The number of nitrogens with zero attached hydrogens (tertiary/aromatic N) is 3. The van der Waals surface area contributed by atoms with Crippen molar-refractivity contribution >= 4 is 32.5 Å². The van der Waals surface area contributed by atoms with Crippen molar-refractivity contribution in [3.8, 4) is 0 Å². The van der Waals surface area contributed by atoms with Crippen molar-refractivity contribution in [2.45, 2.75) is 42.2 Å². The van der Waals surface area contributed by atoms with E-state index in [0.717, 1.165) is 10.8 Å². The highest BCUT2D eigenvalue weighted by Crippen LogP contribution is 2.51. The average Bonchev–Trinajstić information content (AvgIpc) is 3.21. The number of hydrogen-bond donors (Lipinski definition) is 1. The normalized spacial score (nSPS) is 19.4. The lowest BCUT2D eigenvalue weighted by Gasteiger charge is -2.32. The molecule has 0 aliphatic heterocycles. The summed E-state index contributed by atoms with van der Waals surface area (Å²) in [5.41, 5.74) is -2.75. The van der Waals surface area contributed by atoms with E-state index in [9.17, 15) is 13.7 Å². The third-order valence-corrected chi connectivity index (χ3v) is 6.74. The van der Waals surface area contributed by atoms with Crippen LogP contribution in [0, 0.1) is 0 Å². The van der Waals surface area contributed by atoms with E-state index < -0.39 is 21.4 Å². The van der Waals surface area contributed by atoms with Crippen LogP contribution in [0.1, 0.15) is 18.4 Å². The van der Waals surface area contributed by atoms with Gasteiger partial charge in [0.05, 0.1) is 13.7 Å². The van der Waals surface area contributed by atoms with Gasteiger partial charge < -0.3 is 5.11 Å². The maximum atomic E-state index is 15.0. The van der Waals surface area contributed by atoms with Crippen molar-refractivity contribution in [3.05, 3.63) is 41.2 Å². The van der Waals surface area contributed by atoms with Crippen LogP contribution in [0.5, 0.6) is 0 Å². The Labute approximate surface area is 155 Å². The molecule has 3 rings (SSSR count). The lowest BCUT2D eigenvalue weighted by Crippen LogP contribution is -2.48. The molecule has 2 aromatic rings. The monoisotopic (exact) mass is 405 g/mol. The van der Waals surface area contributed by atoms with Crippen LogP contribution in [0.4, 0.5) is 4.39 Å². The largest absolute Gasteiger partial charge is 0.384 e. The van der Waals surface area contributed by atoms with Crippen LogP contribution in [0.25, 0.3) is 0 Å². The summed E-state index contributed by atoms with van der Waals surface area (Å²) >= 11 is 6.17. The summed E-state index contributed by atoms with van der Waals surface area (Å²) in [7, 11) is 0.496. The quantitative estimate of drug-likeness (QED) is 0.680. The minimum atomic E-state index is -1.71. The smallest absolute Gasteiger partial charge is 0.226 e. The van der Waals surface area contributed by atoms with Gasteiger partial charge in [-0.2, -0.15) is 5.10 Å². The lowest BCUT2D eigenvalue weighted by molar-refractivity contribution is -0.0668. The molecule has 2 unspecified atom stereocenters. The third kappa shape index (κ3) is 4.06. The van der Waals surface area contributed by atoms with Gasteiger partial charge in [-0.15, -0.1) is 0 Å². The first kappa shape index (κ1) is 18.8. The van der Waals surface area contributed by atoms with Gasteiger partial charge >= 0.3 is 0 Å². The molecule has 1 fully saturated rings. The molecule has 0 saturated heterocycles. The summed E-state index contributed by atoms with van der Waals surface area (Å²) in [6.45, 7) is -0.127. The van der Waals surface area contributed by atoms with Crippen LogP contribution in [0.15, 0.2) is 35.7 Å². The molecule has 1 aromatic heterocycles. The maximum absolute atomic E-state index is 15.0. The van der Waals surface area contributed by atoms with Crippen LogP contribution in [0.2, 0.25) is 5.02 Å². The standard InChI is InChI=1S/C15H17ClFN3O3S2/c1-23-25(22)24-13-18-10-19-20(13)9-15(21,14(17)6-7-14)8-11-4-2-3-5-12(11)16/h2-5,10,21H,6-9H2,1H3. The number of halogens is 2. The summed E-state index contributed by atoms with van der Waals surface area (Å²) in [6.07, 6.45) is 1.85. The van der Waals surface area contributed by atoms with E-state index >= 15 is 0 Å². The number of benzene rings is 1. The Hall–Kier alpha value is -1.00. The summed E-state index contributed by atoms with van der Waals surface area (Å²) in [5.74, 6) is 0. The van der Waals surface area contributed by atoms with Crippen molar-refractivity contribution in [1.29, 1.82) is 0 Å². The molecule has 0 radical (unpaired) electrons. The van der Waals surface area contributed by atoms with Gasteiger partial charge in [-0.3, -0.25) is 4.18 Å². The third-order valence-electron chi connectivity index (χ3n) is 4.23. The van der Waals surface area contributed by atoms with Crippen LogP contribution in [-0.2, 0) is 27.3 Å². The van der Waals surface area contributed by atoms with Gasteiger partial charge in [0.2, 0.25) is 15.3 Å². The number of hydrogen-bond acceptors (Lipinski definition) is 6. The molecule has 1 heterocycles. The van der Waals surface area contributed by atoms with E-state index in [1.165, 1.54) is 18.1 Å². The van der Waals surface area contributed by atoms with Crippen molar-refractivity contribution in [1.82, 2.24) is 14.8 Å². The van der Waals surface area contributed by atoms with Gasteiger partial charge in [-0.25, -0.2) is 18.3 Å². The second kappa shape index (κ2) is 7.32. The molecule has 1 N–H and O–H groups in total. The van der Waals surface area contributed by atoms with Gasteiger partial charge in [-0.05, 0) is 24.5 Å². The molecular weight excluding hydrogens is 389 g/mol. The summed E-state index contributed by atoms with van der Waals surface area (Å²) < 4.78 is 32.6. The maximum Gasteiger partial charge on any atom is 0.226 e. The highest BCUT2D eigenvalue weighted by molar-refractivity contribution is 8.67. The first-order valence-corrected chi connectivity index (χ1v) is 10.3. The summed E-state index contributed by atoms with van der Waals surface area (Å²) in [4.78, 5) is 4.00. The van der Waals surface area contributed by atoms with Crippen molar-refractivity contribution in [3.63, 3.8) is 0 Å². The predicted octanol–water partition coefficient (Wildman–Crippen LogP) is 2.72. The molecule has 0 bridgehead atoms. The van der Waals surface area contributed by atoms with Crippen molar-refractivity contribution in [2.75, 3.05) is 7.11 Å². The average molecular weight is 406 g/mol. The fourth-order valence-electron chi connectivity index (χ4n) is 2.66. The number of rotatable bonds is 8. The summed E-state index contributed by atoms with van der Waals surface area (Å²) in [6, 6.07) is 7.03. The Morgan fingerprint density at radius 1 is 1.52 bits per heavy atom. The molecule has 6 nitrogen and oxygen atoms in total. The van der Waals surface area contributed by atoms with E-state index in [4.69, 9.17) is 15.8 Å². The zero-order valence-corrected chi connectivity index (χ0v) is 15.8. The first-order chi connectivity index (χ1) is 11.9. The van der Waals surface area contributed by atoms with E-state index in [1.54, 1.807) is 24.3 Å². The highest BCUT2D eigenvalue weighted by Gasteiger charge is 2.60.